The number of hydrogen-bond donors (Lipinski definition) is 2. The van der Waals surface area contributed by atoms with E-state index in [1.807, 2.05) is 6.07 Å². The summed E-state index contributed by atoms with van der Waals surface area (Å²) in [6, 6.07) is 8.48. The van der Waals surface area contributed by atoms with Gasteiger partial charge in [0.15, 0.2) is 11.3 Å². The maximum absolute atomic E-state index is 12.2. The molecule has 1 aromatic carbocycles. The van der Waals surface area contributed by atoms with Crippen LogP contribution in [0.4, 0.5) is 0 Å². The first-order chi connectivity index (χ1) is 11.1. The zero-order valence-corrected chi connectivity index (χ0v) is 12.8. The number of halogens is 1. The molecule has 2 heterocycles. The number of furan rings is 1. The molecule has 0 fully saturated rings. The molecule has 2 aromatic heterocycles. The van der Waals surface area contributed by atoms with E-state index in [-0.39, 0.29) is 5.76 Å². The van der Waals surface area contributed by atoms with Crippen molar-refractivity contribution in [1.29, 1.82) is 0 Å². The monoisotopic (exact) mass is 329 g/mol. The topological polar surface area (TPSA) is 84.2 Å². The van der Waals surface area contributed by atoms with Crippen LogP contribution in [-0.2, 0) is 0 Å². The van der Waals surface area contributed by atoms with Crippen LogP contribution >= 0.6 is 11.6 Å². The van der Waals surface area contributed by atoms with Crippen LogP contribution in [0.5, 0.6) is 0 Å². The Hall–Kier alpha value is -2.86. The fourth-order valence-corrected chi connectivity index (χ4v) is 2.38. The predicted molar refractivity (Wildman–Crippen MR) is 85.1 cm³/mol. The Morgan fingerprint density at radius 3 is 2.61 bits per heavy atom. The Bertz CT molecular complexity index is 890. The lowest BCUT2D eigenvalue weighted by molar-refractivity contribution is 0.0831. The minimum absolute atomic E-state index is 0.0968. The van der Waals surface area contributed by atoms with Crippen LogP contribution < -0.4 is 10.9 Å². The van der Waals surface area contributed by atoms with E-state index in [0.29, 0.717) is 21.7 Å². The number of nitrogens with one attached hydrogen (secondary N) is 2. The molecule has 0 radical (unpaired) electrons. The highest BCUT2D eigenvalue weighted by Gasteiger charge is 2.19. The van der Waals surface area contributed by atoms with Crippen molar-refractivity contribution in [2.75, 3.05) is 0 Å². The minimum Gasteiger partial charge on any atom is -0.449 e. The highest BCUT2D eigenvalue weighted by atomic mass is 35.5. The normalized spacial score (nSPS) is 10.5. The molecule has 7 heteroatoms. The van der Waals surface area contributed by atoms with Crippen molar-refractivity contribution >= 4 is 34.4 Å². The molecule has 0 saturated carbocycles. The van der Waals surface area contributed by atoms with Gasteiger partial charge in [0, 0.05) is 23.3 Å². The number of aromatic nitrogens is 1. The van der Waals surface area contributed by atoms with Gasteiger partial charge in [-0.25, -0.2) is 0 Å². The molecule has 0 spiro atoms. The largest absolute Gasteiger partial charge is 0.449 e. The van der Waals surface area contributed by atoms with Crippen LogP contribution in [0.25, 0.3) is 11.0 Å². The van der Waals surface area contributed by atoms with E-state index in [4.69, 9.17) is 16.0 Å². The highest BCUT2D eigenvalue weighted by molar-refractivity contribution is 6.35. The third-order valence-electron chi connectivity index (χ3n) is 3.34. The van der Waals surface area contributed by atoms with Gasteiger partial charge in [-0.05, 0) is 25.1 Å². The van der Waals surface area contributed by atoms with Gasteiger partial charge in [0.2, 0.25) is 0 Å². The molecule has 0 bridgehead atoms. The van der Waals surface area contributed by atoms with Gasteiger partial charge in [-0.15, -0.1) is 0 Å². The fraction of sp³-hybridized carbons (Fsp3) is 0.0625. The zero-order chi connectivity index (χ0) is 16.4. The maximum Gasteiger partial charge on any atom is 0.305 e. The van der Waals surface area contributed by atoms with Crippen molar-refractivity contribution in [2.24, 2.45) is 0 Å². The lowest BCUT2D eigenvalue weighted by Crippen LogP contribution is -2.41. The number of para-hydroxylation sites is 1. The number of hydrazine groups is 1. The first-order valence-corrected chi connectivity index (χ1v) is 7.14. The lowest BCUT2D eigenvalue weighted by Gasteiger charge is -2.05. The molecule has 2 N–H and O–H groups in total. The van der Waals surface area contributed by atoms with Gasteiger partial charge in [-0.3, -0.25) is 25.4 Å². The van der Waals surface area contributed by atoms with Crippen molar-refractivity contribution in [2.45, 2.75) is 6.92 Å². The first kappa shape index (κ1) is 15.1. The van der Waals surface area contributed by atoms with Crippen LogP contribution in [-0.4, -0.2) is 16.8 Å². The second kappa shape index (κ2) is 6.10. The molecular formula is C16H12ClN3O3. The Balaban J connectivity index is 1.78. The summed E-state index contributed by atoms with van der Waals surface area (Å²) < 4.78 is 5.52. The van der Waals surface area contributed by atoms with Gasteiger partial charge < -0.3 is 4.42 Å². The quantitative estimate of drug-likeness (QED) is 0.708. The third kappa shape index (κ3) is 2.89. The second-order valence-electron chi connectivity index (χ2n) is 4.82. The highest BCUT2D eigenvalue weighted by Crippen LogP contribution is 2.30. The Labute approximate surface area is 136 Å². The van der Waals surface area contributed by atoms with Gasteiger partial charge in [0.05, 0.1) is 10.6 Å². The van der Waals surface area contributed by atoms with Crippen molar-refractivity contribution in [3.8, 4) is 0 Å². The minimum atomic E-state index is -0.563. The fourth-order valence-electron chi connectivity index (χ4n) is 2.16. The number of benzene rings is 1. The number of carbonyl (C=O) groups is 2. The predicted octanol–water partition coefficient (Wildman–Crippen LogP) is 2.86. The SMILES string of the molecule is Cc1c(C(=O)NNC(=O)c2cccnc2)oc2c(Cl)cccc12. The summed E-state index contributed by atoms with van der Waals surface area (Å²) in [5, 5.41) is 1.17. The lowest BCUT2D eigenvalue weighted by atomic mass is 10.1. The van der Waals surface area contributed by atoms with Crippen LogP contribution in [0, 0.1) is 6.92 Å². The average Bonchev–Trinajstić information content (AvgIpc) is 2.92. The molecule has 23 heavy (non-hydrogen) atoms. The molecule has 0 aliphatic heterocycles. The van der Waals surface area contributed by atoms with Crippen LogP contribution in [0.15, 0.2) is 47.1 Å². The summed E-state index contributed by atoms with van der Waals surface area (Å²) in [4.78, 5) is 27.9. The van der Waals surface area contributed by atoms with E-state index < -0.39 is 11.8 Å². The molecule has 2 amide bonds. The van der Waals surface area contributed by atoms with Crippen LogP contribution in [0.1, 0.15) is 26.5 Å². The third-order valence-corrected chi connectivity index (χ3v) is 3.63. The molecule has 3 aromatic rings. The number of amides is 2. The van der Waals surface area contributed by atoms with Crippen LogP contribution in [0.2, 0.25) is 5.02 Å². The Morgan fingerprint density at radius 1 is 1.13 bits per heavy atom. The van der Waals surface area contributed by atoms with Crippen molar-refractivity contribution < 1.29 is 14.0 Å². The molecular weight excluding hydrogens is 318 g/mol. The van der Waals surface area contributed by atoms with E-state index >= 15 is 0 Å². The van der Waals surface area contributed by atoms with Gasteiger partial charge in [0.1, 0.15) is 0 Å². The zero-order valence-electron chi connectivity index (χ0n) is 12.1. The van der Waals surface area contributed by atoms with Crippen molar-refractivity contribution in [3.63, 3.8) is 0 Å². The van der Waals surface area contributed by atoms with E-state index in [9.17, 15) is 9.59 Å². The molecule has 3 rings (SSSR count). The summed E-state index contributed by atoms with van der Waals surface area (Å²) in [6.45, 7) is 1.75. The molecule has 116 valence electrons. The van der Waals surface area contributed by atoms with Crippen molar-refractivity contribution in [1.82, 2.24) is 15.8 Å². The summed E-state index contributed by atoms with van der Waals surface area (Å²) in [6.07, 6.45) is 2.95. The summed E-state index contributed by atoms with van der Waals surface area (Å²) >= 11 is 6.05. The Morgan fingerprint density at radius 2 is 1.91 bits per heavy atom. The van der Waals surface area contributed by atoms with E-state index in [0.717, 1.165) is 5.39 Å². The molecule has 0 unspecified atom stereocenters. The summed E-state index contributed by atoms with van der Waals surface area (Å²) in [5.41, 5.74) is 6.05. The number of nitrogens with zero attached hydrogens (tertiary/aromatic N) is 1. The van der Waals surface area contributed by atoms with Crippen LogP contribution in [0.3, 0.4) is 0 Å². The van der Waals surface area contributed by atoms with E-state index in [1.165, 1.54) is 6.20 Å². The first-order valence-electron chi connectivity index (χ1n) is 6.76. The van der Waals surface area contributed by atoms with Gasteiger partial charge in [-0.2, -0.15) is 0 Å². The average molecular weight is 330 g/mol. The number of fused-ring (bicyclic) bond motifs is 1. The smallest absolute Gasteiger partial charge is 0.305 e. The second-order valence-corrected chi connectivity index (χ2v) is 5.23. The molecule has 0 atom stereocenters. The molecule has 0 aliphatic carbocycles. The van der Waals surface area contributed by atoms with Gasteiger partial charge in [0.25, 0.3) is 5.91 Å². The summed E-state index contributed by atoms with van der Waals surface area (Å²) in [5.74, 6) is -0.940. The molecule has 0 saturated heterocycles. The van der Waals surface area contributed by atoms with E-state index in [2.05, 4.69) is 15.8 Å². The molecule has 6 nitrogen and oxygen atoms in total. The maximum atomic E-state index is 12.2. The number of rotatable bonds is 2. The number of carbonyl (C=O) groups excluding carboxylic acids is 2. The molecule has 0 aliphatic rings. The van der Waals surface area contributed by atoms with Gasteiger partial charge >= 0.3 is 5.91 Å². The number of pyridine rings is 1. The summed E-state index contributed by atoms with van der Waals surface area (Å²) in [7, 11) is 0. The van der Waals surface area contributed by atoms with Crippen molar-refractivity contribution in [3.05, 3.63) is 64.6 Å². The standard InChI is InChI=1S/C16H12ClN3O3/c1-9-11-5-2-6-12(17)14(11)23-13(9)16(22)20-19-15(21)10-4-3-7-18-8-10/h2-8H,1H3,(H,19,21)(H,20,22). The Kier molecular flexibility index (Phi) is 3.99. The van der Waals surface area contributed by atoms with Gasteiger partial charge in [-0.1, -0.05) is 23.7 Å². The number of aryl methyl sites for hydroxylation is 1. The number of hydrogen-bond acceptors (Lipinski definition) is 4. The van der Waals surface area contributed by atoms with E-state index in [1.54, 1.807) is 37.4 Å².